The molecule has 15 atom stereocenters. The first-order valence-corrected chi connectivity index (χ1v) is 30.9. The minimum Gasteiger partial charge on any atom is -0.507 e. The number of carbonyl (C=O) groups excluding carboxylic acids is 7. The maximum absolute atomic E-state index is 15.1. The highest BCUT2D eigenvalue weighted by Gasteiger charge is 2.44. The number of phenolic OH excluding ortho intramolecular Hbond substituents is 1. The van der Waals surface area contributed by atoms with Gasteiger partial charge in [-0.3, -0.25) is 33.6 Å². The number of aliphatic hydroxyl groups excluding tert-OH is 6. The number of hydrogen-bond donors (Lipinski definition) is 18. The Balaban J connectivity index is 1.43. The van der Waals surface area contributed by atoms with Crippen molar-refractivity contribution in [2.45, 2.75) is 144 Å². The lowest BCUT2D eigenvalue weighted by Crippen LogP contribution is -2.63. The van der Waals surface area contributed by atoms with Crippen LogP contribution in [0.2, 0.25) is 0 Å². The number of hydrogen-bond acceptors (Lipinski definition) is 20. The molecule has 3 aromatic carbocycles. The Labute approximate surface area is 510 Å². The van der Waals surface area contributed by atoms with E-state index in [2.05, 4.69) is 47.5 Å². The monoisotopic (exact) mass is 1330 g/mol. The summed E-state index contributed by atoms with van der Waals surface area (Å²) in [7, 11) is 1.72. The molecule has 85 heavy (non-hydrogen) atoms. The number of halogens is 1. The number of unbranched alkanes of at least 4 members (excludes halogenated alkanes) is 1. The summed E-state index contributed by atoms with van der Waals surface area (Å²) < 4.78 is 5.75. The Hall–Kier alpha value is -6.17. The number of nitrogens with one attached hydrogen (secondary N) is 9. The van der Waals surface area contributed by atoms with E-state index < -0.39 is 151 Å². The van der Waals surface area contributed by atoms with Crippen LogP contribution in [0.5, 0.6) is 5.75 Å². The quantitative estimate of drug-likeness (QED) is 0.0239. The number of carbonyl (C=O) groups is 8. The first-order chi connectivity index (χ1) is 40.4. The molecular weight excluding hydrogens is 1260 g/mol. The van der Waals surface area contributed by atoms with Gasteiger partial charge in [-0.2, -0.15) is 0 Å². The van der Waals surface area contributed by atoms with Crippen LogP contribution >= 0.6 is 44.2 Å². The minimum atomic E-state index is -1.90. The third-order valence-corrected chi connectivity index (χ3v) is 17.5. The molecule has 1 aromatic heterocycles. The fourth-order valence-electron chi connectivity index (χ4n) is 9.33. The highest BCUT2D eigenvalue weighted by Crippen LogP contribution is 2.26. The SMILES string of the molecule is C[C@@H](O)[C@H](NC(=O)[C@@H]1CSSC[C@H](NC(=O)[C@@H](Cc2ccccc2)NC[C@H]2O[C@H](O)[C@H](O)[C@@H](O)[C@@H]2O)C(=O)N[C@@H](Cc2ccc(O)c([123I])c2)C(=O)N[C@H](Cc2c[nH]c3ccccc23)C(=O)N[C@@H](CCCCN)C(=O)N[C@@H]([C@@H](C)O)C(=O)N1)C(=O)O. The Kier molecular flexibility index (Phi) is 26.0. The normalized spacial score (nSPS) is 26.5. The maximum Gasteiger partial charge on any atom is 0.328 e. The van der Waals surface area contributed by atoms with Gasteiger partial charge in [0.05, 0.1) is 21.8 Å². The Bertz CT molecular complexity index is 2950. The lowest BCUT2D eigenvalue weighted by atomic mass is 9.98. The molecule has 6 rings (SSSR count). The average molecular weight is 1330 g/mol. The van der Waals surface area contributed by atoms with Crippen LogP contribution in [0.1, 0.15) is 49.8 Å². The summed E-state index contributed by atoms with van der Waals surface area (Å²) in [5.41, 5.74) is 8.09. The van der Waals surface area contributed by atoms with Gasteiger partial charge in [-0.25, -0.2) is 4.79 Å². The van der Waals surface area contributed by atoms with Crippen molar-refractivity contribution in [1.82, 2.24) is 47.5 Å². The predicted molar refractivity (Wildman–Crippen MR) is 320 cm³/mol. The van der Waals surface area contributed by atoms with Gasteiger partial charge in [0, 0.05) is 48.0 Å². The van der Waals surface area contributed by atoms with Gasteiger partial charge in [0.2, 0.25) is 41.4 Å². The lowest BCUT2D eigenvalue weighted by molar-refractivity contribution is -0.280. The van der Waals surface area contributed by atoms with Crippen LogP contribution in [0.25, 0.3) is 10.9 Å². The molecule has 0 spiro atoms. The number of aromatic nitrogens is 1. The van der Waals surface area contributed by atoms with Crippen LogP contribution in [0.3, 0.4) is 0 Å². The number of phenols is 1. The second kappa shape index (κ2) is 32.5. The van der Waals surface area contributed by atoms with Crippen LogP contribution in [0.15, 0.2) is 79.0 Å². The first-order valence-electron chi connectivity index (χ1n) is 27.3. The number of carboxylic acids is 1. The largest absolute Gasteiger partial charge is 0.507 e. The number of benzene rings is 3. The summed E-state index contributed by atoms with van der Waals surface area (Å²) in [6.07, 6.45) is -10.3. The molecule has 19 N–H and O–H groups in total. The molecule has 30 heteroatoms. The molecule has 2 aliphatic rings. The van der Waals surface area contributed by atoms with E-state index in [1.807, 2.05) is 22.6 Å². The number of H-pyrrole nitrogens is 1. The number of amides is 7. The predicted octanol–water partition coefficient (Wildman–Crippen LogP) is -2.97. The zero-order valence-electron chi connectivity index (χ0n) is 46.3. The second-order valence-corrected chi connectivity index (χ2v) is 24.4. The van der Waals surface area contributed by atoms with Crippen molar-refractivity contribution in [3.63, 3.8) is 0 Å². The molecule has 27 nitrogen and oxygen atoms in total. The summed E-state index contributed by atoms with van der Waals surface area (Å²) in [5, 5.41) is 105. The molecule has 2 fully saturated rings. The number of carboxylic acid groups (broad SMARTS) is 1. The fourth-order valence-corrected chi connectivity index (χ4v) is 12.2. The number of aliphatic carboxylic acids is 1. The van der Waals surface area contributed by atoms with Gasteiger partial charge in [0.25, 0.3) is 0 Å². The van der Waals surface area contributed by atoms with Crippen molar-refractivity contribution in [2.24, 2.45) is 5.73 Å². The number of aromatic amines is 1. The van der Waals surface area contributed by atoms with Crippen LogP contribution in [0.4, 0.5) is 0 Å². The molecule has 4 aromatic rings. The minimum absolute atomic E-state index is 0.0636. The molecule has 0 radical (unpaired) electrons. The van der Waals surface area contributed by atoms with E-state index in [4.69, 9.17) is 10.5 Å². The number of ether oxygens (including phenoxy) is 1. The van der Waals surface area contributed by atoms with Gasteiger partial charge in [-0.05, 0) is 104 Å². The maximum atomic E-state index is 15.1. The van der Waals surface area contributed by atoms with Gasteiger partial charge >= 0.3 is 5.97 Å². The molecule has 0 bridgehead atoms. The Morgan fingerprint density at radius 1 is 0.753 bits per heavy atom. The van der Waals surface area contributed by atoms with Crippen molar-refractivity contribution in [1.29, 1.82) is 0 Å². The van der Waals surface area contributed by atoms with Crippen molar-refractivity contribution in [3.8, 4) is 5.75 Å². The van der Waals surface area contributed by atoms with Crippen molar-refractivity contribution in [3.05, 3.63) is 99.3 Å². The molecule has 464 valence electrons. The number of fused-ring (bicyclic) bond motifs is 1. The number of rotatable bonds is 20. The smallest absolute Gasteiger partial charge is 0.328 e. The van der Waals surface area contributed by atoms with E-state index in [0.717, 1.165) is 28.5 Å². The van der Waals surface area contributed by atoms with Gasteiger partial charge < -0.3 is 98.8 Å². The van der Waals surface area contributed by atoms with Gasteiger partial charge in [-0.15, -0.1) is 0 Å². The van der Waals surface area contributed by atoms with E-state index in [9.17, 15) is 69.6 Å². The average Bonchev–Trinajstić information content (AvgIpc) is 3.81. The van der Waals surface area contributed by atoms with Crippen molar-refractivity contribution in [2.75, 3.05) is 24.6 Å². The fraction of sp³-hybridized carbons (Fsp3) is 0.491. The van der Waals surface area contributed by atoms with E-state index in [1.54, 1.807) is 66.9 Å². The van der Waals surface area contributed by atoms with Gasteiger partial charge in [-0.1, -0.05) is 76.2 Å². The summed E-state index contributed by atoms with van der Waals surface area (Å²) in [6, 6.07) is 7.44. The molecule has 0 unspecified atom stereocenters. The van der Waals surface area contributed by atoms with E-state index in [1.165, 1.54) is 19.1 Å². The number of aromatic hydroxyl groups is 1. The summed E-state index contributed by atoms with van der Waals surface area (Å²) >= 11 is 1.88. The summed E-state index contributed by atoms with van der Waals surface area (Å²) in [5.74, 6) is -9.33. The zero-order chi connectivity index (χ0) is 62.1. The van der Waals surface area contributed by atoms with Gasteiger partial charge in [0.1, 0.15) is 66.4 Å². The zero-order valence-corrected chi connectivity index (χ0v) is 50.1. The summed E-state index contributed by atoms with van der Waals surface area (Å²) in [4.78, 5) is 118. The van der Waals surface area contributed by atoms with E-state index in [-0.39, 0.29) is 50.2 Å². The first kappa shape index (κ1) is 67.9. The standard InChI is InChI=1S/C55H73IN10O17S2/c1-26(67)42-53(79)64-39(52(78)66-43(27(2)68)54(80)81)25-85-84-24-38(63-48(74)35(19-28-10-4-3-5-11-28)59-23-41-44(70)45(71)46(72)55(82)83-41)51(77)61-36(20-29-15-16-40(69)32(56)18-29)49(75)62-37(21-30-22-58-33-13-7-6-12-31(30)33)50(76)60-34(47(73)65-42)14-8-9-17-57/h3-7,10-13,15-16,18,22,26-27,34-39,41-46,55,58-59,67-72,82H,8-9,14,17,19-21,23-25,57H2,1-2H3,(H,60,76)(H,61,77)(H,62,75)(H,63,74)(H,64,79)(H,65,73)(H,66,78)(H,80,81)/t26-,27-,34+,35-,36+,37-,38+,39+,41-,42+,43+,44-,45+,46-,55+/m1/s1/i56-4. The summed E-state index contributed by atoms with van der Waals surface area (Å²) in [6.45, 7) is 2.09. The molecule has 2 saturated heterocycles. The Morgan fingerprint density at radius 3 is 2.07 bits per heavy atom. The second-order valence-electron chi connectivity index (χ2n) is 20.7. The Morgan fingerprint density at radius 2 is 1.40 bits per heavy atom. The van der Waals surface area contributed by atoms with Crippen molar-refractivity contribution < 1.29 is 83.9 Å². The third-order valence-electron chi connectivity index (χ3n) is 14.2. The molecule has 0 saturated carbocycles. The topological polar surface area (TPSA) is 446 Å². The third kappa shape index (κ3) is 19.4. The van der Waals surface area contributed by atoms with E-state index in [0.29, 0.717) is 37.6 Å². The number of nitrogens with two attached hydrogens (primary N) is 1. The number of aliphatic hydroxyl groups is 6. The highest BCUT2D eigenvalue weighted by atomic mass is 123. The van der Waals surface area contributed by atoms with Crippen LogP contribution in [0, 0.1) is 3.57 Å². The molecule has 3 heterocycles. The lowest BCUT2D eigenvalue weighted by Gasteiger charge is -2.38. The van der Waals surface area contributed by atoms with E-state index >= 15 is 9.59 Å². The molecule has 2 aliphatic heterocycles. The molecular formula is C55H73IN10O17S2. The van der Waals surface area contributed by atoms with Crippen LogP contribution in [-0.4, -0.2) is 209 Å². The molecule has 7 amide bonds. The van der Waals surface area contributed by atoms with Crippen LogP contribution in [-0.2, 0) is 62.4 Å². The number of para-hydroxylation sites is 1. The highest BCUT2D eigenvalue weighted by molar-refractivity contribution is 14.1. The van der Waals surface area contributed by atoms with Gasteiger partial charge in [0.15, 0.2) is 12.3 Å². The molecule has 0 aliphatic carbocycles. The van der Waals surface area contributed by atoms with Crippen LogP contribution < -0.4 is 48.3 Å². The van der Waals surface area contributed by atoms with Crippen molar-refractivity contribution >= 4 is 102 Å².